The number of rotatable bonds is 5. The van der Waals surface area contributed by atoms with Crippen LogP contribution in [0.5, 0.6) is 0 Å². The Kier molecular flexibility index (Phi) is 4.92. The van der Waals surface area contributed by atoms with Gasteiger partial charge in [0.25, 0.3) is 5.56 Å². The minimum atomic E-state index is -0.399. The number of pyridine rings is 2. The monoisotopic (exact) mass is 412 g/mol. The van der Waals surface area contributed by atoms with E-state index in [0.29, 0.717) is 40.0 Å². The van der Waals surface area contributed by atoms with E-state index in [0.717, 1.165) is 10.9 Å². The van der Waals surface area contributed by atoms with E-state index < -0.39 is 5.76 Å². The fourth-order valence-corrected chi connectivity index (χ4v) is 3.58. The maximum atomic E-state index is 12.5. The van der Waals surface area contributed by atoms with Crippen molar-refractivity contribution in [3.05, 3.63) is 68.0 Å². The summed E-state index contributed by atoms with van der Waals surface area (Å²) in [6, 6.07) is 8.60. The van der Waals surface area contributed by atoms with Crippen LogP contribution in [0.1, 0.15) is 32.4 Å². The Hall–Kier alpha value is -3.06. The van der Waals surface area contributed by atoms with Gasteiger partial charge in [0.15, 0.2) is 5.58 Å². The Morgan fingerprint density at radius 2 is 2.00 bits per heavy atom. The first-order valence-electron chi connectivity index (χ1n) is 9.40. The van der Waals surface area contributed by atoms with Crippen molar-refractivity contribution in [2.75, 3.05) is 5.32 Å². The van der Waals surface area contributed by atoms with Gasteiger partial charge in [0.1, 0.15) is 5.82 Å². The molecule has 0 aliphatic carbocycles. The van der Waals surface area contributed by atoms with Gasteiger partial charge < -0.3 is 14.7 Å². The van der Waals surface area contributed by atoms with Crippen LogP contribution in [0, 0.1) is 5.92 Å². The second-order valence-electron chi connectivity index (χ2n) is 7.56. The molecule has 0 saturated carbocycles. The van der Waals surface area contributed by atoms with E-state index in [2.05, 4.69) is 15.3 Å². The summed E-state index contributed by atoms with van der Waals surface area (Å²) in [6.07, 6.45) is 1.52. The molecule has 0 aliphatic rings. The summed E-state index contributed by atoms with van der Waals surface area (Å²) < 4.78 is 6.87. The lowest BCUT2D eigenvalue weighted by molar-refractivity contribution is 0.458. The zero-order valence-corrected chi connectivity index (χ0v) is 17.1. The van der Waals surface area contributed by atoms with Gasteiger partial charge in [-0.2, -0.15) is 0 Å². The normalized spacial score (nSPS) is 12.7. The Bertz CT molecular complexity index is 1320. The van der Waals surface area contributed by atoms with Crippen molar-refractivity contribution in [2.45, 2.75) is 33.4 Å². The average Bonchev–Trinajstić information content (AvgIpc) is 2.96. The molecule has 0 aliphatic heterocycles. The van der Waals surface area contributed by atoms with Gasteiger partial charge in [-0.15, -0.1) is 0 Å². The van der Waals surface area contributed by atoms with Crippen LogP contribution in [0.4, 0.5) is 5.82 Å². The Morgan fingerprint density at radius 3 is 2.76 bits per heavy atom. The van der Waals surface area contributed by atoms with Crippen LogP contribution in [0.3, 0.4) is 0 Å². The molecular weight excluding hydrogens is 392 g/mol. The van der Waals surface area contributed by atoms with E-state index in [1.54, 1.807) is 22.8 Å². The van der Waals surface area contributed by atoms with Crippen molar-refractivity contribution in [1.29, 1.82) is 0 Å². The van der Waals surface area contributed by atoms with E-state index in [-0.39, 0.29) is 11.6 Å². The number of H-pyrrole nitrogens is 1. The van der Waals surface area contributed by atoms with Crippen molar-refractivity contribution in [3.8, 4) is 0 Å². The first-order valence-corrected chi connectivity index (χ1v) is 9.78. The summed E-state index contributed by atoms with van der Waals surface area (Å²) in [5.74, 6) is 0.442. The molecule has 2 N–H and O–H groups in total. The quantitative estimate of drug-likeness (QED) is 0.509. The number of aromatic nitrogens is 3. The standard InChI is InChI=1S/C21H21ClN4O3/c1-11(2)10-26-17-8-19(23-9-18(17)29-21(26)28)24-12(3)15-7-13-6-14(22)4-5-16(13)25-20(15)27/h4-9,11-12H,10H2,1-3H3,(H,23,24)(H,25,27)/t12-/m0/s1. The highest BCUT2D eigenvalue weighted by molar-refractivity contribution is 6.31. The Morgan fingerprint density at radius 1 is 1.21 bits per heavy atom. The number of hydrogen-bond acceptors (Lipinski definition) is 5. The number of halogens is 1. The van der Waals surface area contributed by atoms with Gasteiger partial charge in [-0.05, 0) is 37.1 Å². The van der Waals surface area contributed by atoms with Gasteiger partial charge in [-0.3, -0.25) is 9.36 Å². The molecule has 0 radical (unpaired) electrons. The van der Waals surface area contributed by atoms with E-state index >= 15 is 0 Å². The fourth-order valence-electron chi connectivity index (χ4n) is 3.40. The predicted molar refractivity (Wildman–Crippen MR) is 115 cm³/mol. The Balaban J connectivity index is 1.69. The van der Waals surface area contributed by atoms with Crippen LogP contribution in [-0.4, -0.2) is 14.5 Å². The minimum absolute atomic E-state index is 0.180. The molecule has 29 heavy (non-hydrogen) atoms. The predicted octanol–water partition coefficient (Wildman–Crippen LogP) is 4.31. The van der Waals surface area contributed by atoms with Crippen LogP contribution >= 0.6 is 11.6 Å². The zero-order valence-electron chi connectivity index (χ0n) is 16.3. The number of oxazole rings is 1. The number of benzene rings is 1. The molecule has 0 saturated heterocycles. The minimum Gasteiger partial charge on any atom is -0.406 e. The first kappa shape index (κ1) is 19.3. The fraction of sp³-hybridized carbons (Fsp3) is 0.286. The molecule has 150 valence electrons. The molecule has 0 amide bonds. The van der Waals surface area contributed by atoms with Gasteiger partial charge >= 0.3 is 5.76 Å². The number of aromatic amines is 1. The molecule has 3 heterocycles. The van der Waals surface area contributed by atoms with Crippen molar-refractivity contribution < 1.29 is 4.42 Å². The number of nitrogens with zero attached hydrogens (tertiary/aromatic N) is 2. The van der Waals surface area contributed by atoms with Gasteiger partial charge in [0.05, 0.1) is 17.8 Å². The number of hydrogen-bond donors (Lipinski definition) is 2. The van der Waals surface area contributed by atoms with Gasteiger partial charge in [-0.25, -0.2) is 9.78 Å². The van der Waals surface area contributed by atoms with Crippen molar-refractivity contribution >= 4 is 39.4 Å². The molecule has 1 aromatic carbocycles. The van der Waals surface area contributed by atoms with Gasteiger partial charge in [0.2, 0.25) is 0 Å². The van der Waals surface area contributed by atoms with Crippen molar-refractivity contribution in [2.24, 2.45) is 5.92 Å². The van der Waals surface area contributed by atoms with E-state index in [1.165, 1.54) is 6.20 Å². The van der Waals surface area contributed by atoms with Gasteiger partial charge in [0, 0.05) is 34.1 Å². The molecule has 7 nitrogen and oxygen atoms in total. The highest BCUT2D eigenvalue weighted by Crippen LogP contribution is 2.23. The van der Waals surface area contributed by atoms with E-state index in [1.807, 2.05) is 32.9 Å². The SMILES string of the molecule is CC(C)Cn1c(=O)oc2cnc(N[C@@H](C)c3cc4cc(Cl)ccc4[nH]c3=O)cc21. The van der Waals surface area contributed by atoms with Crippen molar-refractivity contribution in [1.82, 2.24) is 14.5 Å². The molecule has 4 aromatic rings. The summed E-state index contributed by atoms with van der Waals surface area (Å²) >= 11 is 6.07. The van der Waals surface area contributed by atoms with Crippen LogP contribution in [-0.2, 0) is 6.54 Å². The molecule has 4 rings (SSSR count). The molecule has 1 atom stereocenters. The van der Waals surface area contributed by atoms with Crippen LogP contribution in [0.15, 0.2) is 50.5 Å². The van der Waals surface area contributed by atoms with E-state index in [9.17, 15) is 9.59 Å². The molecule has 0 unspecified atom stereocenters. The molecule has 8 heteroatoms. The zero-order chi connectivity index (χ0) is 20.7. The summed E-state index contributed by atoms with van der Waals surface area (Å²) in [5, 5.41) is 4.69. The largest absolute Gasteiger partial charge is 0.420 e. The highest BCUT2D eigenvalue weighted by Gasteiger charge is 2.15. The van der Waals surface area contributed by atoms with Crippen LogP contribution < -0.4 is 16.6 Å². The van der Waals surface area contributed by atoms with E-state index in [4.69, 9.17) is 16.0 Å². The van der Waals surface area contributed by atoms with Crippen LogP contribution in [0.2, 0.25) is 5.02 Å². The highest BCUT2D eigenvalue weighted by atomic mass is 35.5. The molecule has 3 aromatic heterocycles. The lowest BCUT2D eigenvalue weighted by atomic mass is 10.1. The first-order chi connectivity index (χ1) is 13.8. The average molecular weight is 413 g/mol. The summed E-state index contributed by atoms with van der Waals surface area (Å²) in [7, 11) is 0. The number of nitrogens with one attached hydrogen (secondary N) is 2. The molecular formula is C21H21ClN4O3. The Labute approximate surface area is 171 Å². The lowest BCUT2D eigenvalue weighted by Gasteiger charge is -2.15. The second-order valence-corrected chi connectivity index (χ2v) is 8.00. The second kappa shape index (κ2) is 7.40. The third-order valence-electron chi connectivity index (χ3n) is 4.77. The summed E-state index contributed by atoms with van der Waals surface area (Å²) in [5.41, 5.74) is 2.22. The lowest BCUT2D eigenvalue weighted by Crippen LogP contribution is -2.20. The molecule has 0 spiro atoms. The molecule has 0 bridgehead atoms. The van der Waals surface area contributed by atoms with Crippen molar-refractivity contribution in [3.63, 3.8) is 0 Å². The number of anilines is 1. The summed E-state index contributed by atoms with van der Waals surface area (Å²) in [4.78, 5) is 31.9. The maximum Gasteiger partial charge on any atom is 0.420 e. The summed E-state index contributed by atoms with van der Waals surface area (Å²) in [6.45, 7) is 6.50. The maximum absolute atomic E-state index is 12.5. The van der Waals surface area contributed by atoms with Crippen LogP contribution in [0.25, 0.3) is 22.0 Å². The third-order valence-corrected chi connectivity index (χ3v) is 5.00. The number of fused-ring (bicyclic) bond motifs is 2. The topological polar surface area (TPSA) is 92.9 Å². The van der Waals surface area contributed by atoms with Gasteiger partial charge in [-0.1, -0.05) is 25.4 Å². The smallest absolute Gasteiger partial charge is 0.406 e. The third kappa shape index (κ3) is 3.78. The molecule has 0 fully saturated rings.